The van der Waals surface area contributed by atoms with E-state index in [2.05, 4.69) is 40.7 Å². The molecule has 0 radical (unpaired) electrons. The van der Waals surface area contributed by atoms with Crippen molar-refractivity contribution in [1.29, 1.82) is 0 Å². The quantitative estimate of drug-likeness (QED) is 0.877. The Bertz CT molecular complexity index is 543. The second-order valence-electron chi connectivity index (χ2n) is 5.13. The molecule has 2 aromatic rings. The van der Waals surface area contributed by atoms with E-state index in [0.717, 1.165) is 18.8 Å². The maximum atomic E-state index is 5.74. The van der Waals surface area contributed by atoms with Crippen molar-refractivity contribution in [2.24, 2.45) is 5.73 Å². The van der Waals surface area contributed by atoms with E-state index in [1.54, 1.807) is 0 Å². The SMILES string of the molecule is Cc1cccc(C2CCc3cnc(CN)n3C2)c1. The highest BCUT2D eigenvalue weighted by atomic mass is 15.1. The van der Waals surface area contributed by atoms with E-state index in [-0.39, 0.29) is 0 Å². The Kier molecular flexibility index (Phi) is 2.92. The summed E-state index contributed by atoms with van der Waals surface area (Å²) in [5.41, 5.74) is 9.85. The van der Waals surface area contributed by atoms with Gasteiger partial charge in [0.2, 0.25) is 0 Å². The minimum absolute atomic E-state index is 0.528. The third-order valence-corrected chi connectivity index (χ3v) is 3.87. The van der Waals surface area contributed by atoms with Gasteiger partial charge in [0.1, 0.15) is 5.82 Å². The zero-order chi connectivity index (χ0) is 12.5. The van der Waals surface area contributed by atoms with Crippen LogP contribution >= 0.6 is 0 Å². The van der Waals surface area contributed by atoms with Gasteiger partial charge in [-0.25, -0.2) is 4.98 Å². The first-order chi connectivity index (χ1) is 8.78. The lowest BCUT2D eigenvalue weighted by Gasteiger charge is -2.26. The van der Waals surface area contributed by atoms with Gasteiger partial charge < -0.3 is 10.3 Å². The number of fused-ring (bicyclic) bond motifs is 1. The molecule has 0 amide bonds. The van der Waals surface area contributed by atoms with Crippen LogP contribution in [0.3, 0.4) is 0 Å². The number of benzene rings is 1. The summed E-state index contributed by atoms with van der Waals surface area (Å²) in [5, 5.41) is 0. The summed E-state index contributed by atoms with van der Waals surface area (Å²) in [6.07, 6.45) is 4.29. The Labute approximate surface area is 108 Å². The maximum absolute atomic E-state index is 5.74. The molecule has 1 aromatic carbocycles. The predicted octanol–water partition coefficient (Wildman–Crippen LogP) is 2.38. The third kappa shape index (κ3) is 1.95. The standard InChI is InChI=1S/C15H19N3/c1-11-3-2-4-12(7-11)13-5-6-14-9-17-15(8-16)18(14)10-13/h2-4,7,9,13H,5-6,8,10,16H2,1H3. The molecule has 94 valence electrons. The lowest BCUT2D eigenvalue weighted by Crippen LogP contribution is -2.21. The molecule has 3 nitrogen and oxygen atoms in total. The zero-order valence-electron chi connectivity index (χ0n) is 10.8. The van der Waals surface area contributed by atoms with Crippen molar-refractivity contribution >= 4 is 0 Å². The Hall–Kier alpha value is -1.61. The minimum atomic E-state index is 0.528. The van der Waals surface area contributed by atoms with Gasteiger partial charge in [-0.15, -0.1) is 0 Å². The number of aryl methyl sites for hydroxylation is 2. The molecular weight excluding hydrogens is 222 g/mol. The Balaban J connectivity index is 1.90. The molecule has 0 aliphatic carbocycles. The molecular formula is C15H19N3. The highest BCUT2D eigenvalue weighted by Gasteiger charge is 2.22. The van der Waals surface area contributed by atoms with Crippen LogP contribution in [0.1, 0.15) is 35.0 Å². The first-order valence-electron chi connectivity index (χ1n) is 6.58. The summed E-state index contributed by atoms with van der Waals surface area (Å²) < 4.78 is 2.30. The molecule has 3 heteroatoms. The average Bonchev–Trinajstić information content (AvgIpc) is 2.80. The molecule has 1 atom stereocenters. The first-order valence-corrected chi connectivity index (χ1v) is 6.58. The number of nitrogens with zero attached hydrogens (tertiary/aromatic N) is 2. The number of aromatic nitrogens is 2. The molecule has 0 fully saturated rings. The van der Waals surface area contributed by atoms with Gasteiger partial charge in [0, 0.05) is 24.4 Å². The lowest BCUT2D eigenvalue weighted by atomic mass is 9.90. The van der Waals surface area contributed by atoms with E-state index in [4.69, 9.17) is 5.73 Å². The summed E-state index contributed by atoms with van der Waals surface area (Å²) in [4.78, 5) is 4.40. The fraction of sp³-hybridized carbons (Fsp3) is 0.400. The molecule has 0 bridgehead atoms. The van der Waals surface area contributed by atoms with Gasteiger partial charge in [-0.3, -0.25) is 0 Å². The molecule has 2 heterocycles. The van der Waals surface area contributed by atoms with Gasteiger partial charge >= 0.3 is 0 Å². The summed E-state index contributed by atoms with van der Waals surface area (Å²) in [5.74, 6) is 1.61. The fourth-order valence-corrected chi connectivity index (χ4v) is 2.87. The number of rotatable bonds is 2. The largest absolute Gasteiger partial charge is 0.330 e. The normalized spacial score (nSPS) is 18.7. The number of hydrogen-bond donors (Lipinski definition) is 1. The molecule has 0 spiro atoms. The molecule has 3 rings (SSSR count). The van der Waals surface area contributed by atoms with Gasteiger partial charge in [0.25, 0.3) is 0 Å². The van der Waals surface area contributed by atoms with Crippen molar-refractivity contribution in [3.63, 3.8) is 0 Å². The average molecular weight is 241 g/mol. The summed E-state index contributed by atoms with van der Waals surface area (Å²) >= 11 is 0. The van der Waals surface area contributed by atoms with E-state index in [1.165, 1.54) is 23.2 Å². The maximum Gasteiger partial charge on any atom is 0.122 e. The number of hydrogen-bond acceptors (Lipinski definition) is 2. The second kappa shape index (κ2) is 4.58. The summed E-state index contributed by atoms with van der Waals surface area (Å²) in [6.45, 7) is 3.70. The van der Waals surface area contributed by atoms with Crippen LogP contribution < -0.4 is 5.73 Å². The van der Waals surface area contributed by atoms with Crippen LogP contribution in [0.15, 0.2) is 30.5 Å². The molecule has 1 aromatic heterocycles. The topological polar surface area (TPSA) is 43.8 Å². The van der Waals surface area contributed by atoms with Gasteiger partial charge in [0.05, 0.1) is 6.54 Å². The monoisotopic (exact) mass is 241 g/mol. The van der Waals surface area contributed by atoms with Crippen molar-refractivity contribution in [3.8, 4) is 0 Å². The third-order valence-electron chi connectivity index (χ3n) is 3.87. The van der Waals surface area contributed by atoms with Crippen molar-refractivity contribution in [3.05, 3.63) is 53.1 Å². The van der Waals surface area contributed by atoms with E-state index in [1.807, 2.05) is 6.20 Å². The van der Waals surface area contributed by atoms with E-state index < -0.39 is 0 Å². The summed E-state index contributed by atoms with van der Waals surface area (Å²) in [6, 6.07) is 8.84. The fourth-order valence-electron chi connectivity index (χ4n) is 2.87. The molecule has 18 heavy (non-hydrogen) atoms. The molecule has 1 unspecified atom stereocenters. The number of imidazole rings is 1. The van der Waals surface area contributed by atoms with Crippen molar-refractivity contribution in [2.45, 2.75) is 38.8 Å². The van der Waals surface area contributed by atoms with E-state index >= 15 is 0 Å². The minimum Gasteiger partial charge on any atom is -0.330 e. The van der Waals surface area contributed by atoms with Crippen LogP contribution in [0.2, 0.25) is 0 Å². The summed E-state index contributed by atoms with van der Waals surface area (Å²) in [7, 11) is 0. The van der Waals surface area contributed by atoms with Crippen LogP contribution in [-0.2, 0) is 19.5 Å². The van der Waals surface area contributed by atoms with E-state index in [9.17, 15) is 0 Å². The van der Waals surface area contributed by atoms with Crippen molar-refractivity contribution in [1.82, 2.24) is 9.55 Å². The zero-order valence-corrected chi connectivity index (χ0v) is 10.8. The van der Waals surface area contributed by atoms with Crippen LogP contribution in [0.5, 0.6) is 0 Å². The first kappa shape index (κ1) is 11.5. The van der Waals surface area contributed by atoms with Crippen LogP contribution in [0.25, 0.3) is 0 Å². The Morgan fingerprint density at radius 3 is 3.11 bits per heavy atom. The highest BCUT2D eigenvalue weighted by molar-refractivity contribution is 5.27. The lowest BCUT2D eigenvalue weighted by molar-refractivity contribution is 0.451. The van der Waals surface area contributed by atoms with Crippen LogP contribution in [0, 0.1) is 6.92 Å². The smallest absolute Gasteiger partial charge is 0.122 e. The molecule has 1 aliphatic rings. The number of nitrogens with two attached hydrogens (primary N) is 1. The Morgan fingerprint density at radius 2 is 2.33 bits per heavy atom. The predicted molar refractivity (Wildman–Crippen MR) is 72.4 cm³/mol. The van der Waals surface area contributed by atoms with Gasteiger partial charge in [0.15, 0.2) is 0 Å². The highest BCUT2D eigenvalue weighted by Crippen LogP contribution is 2.30. The second-order valence-corrected chi connectivity index (χ2v) is 5.13. The van der Waals surface area contributed by atoms with Crippen molar-refractivity contribution < 1.29 is 0 Å². The molecule has 2 N–H and O–H groups in total. The molecule has 0 saturated heterocycles. The Morgan fingerprint density at radius 1 is 1.44 bits per heavy atom. The van der Waals surface area contributed by atoms with E-state index in [0.29, 0.717) is 12.5 Å². The van der Waals surface area contributed by atoms with Gasteiger partial charge in [-0.2, -0.15) is 0 Å². The van der Waals surface area contributed by atoms with Crippen molar-refractivity contribution in [2.75, 3.05) is 0 Å². The van der Waals surface area contributed by atoms with Crippen LogP contribution in [0.4, 0.5) is 0 Å². The van der Waals surface area contributed by atoms with Gasteiger partial charge in [-0.1, -0.05) is 29.8 Å². The molecule has 1 aliphatic heterocycles. The van der Waals surface area contributed by atoms with Crippen LogP contribution in [-0.4, -0.2) is 9.55 Å². The van der Waals surface area contributed by atoms with Gasteiger partial charge in [-0.05, 0) is 25.3 Å². The molecule has 0 saturated carbocycles.